The molecule has 152 valence electrons. The van der Waals surface area contributed by atoms with Crippen molar-refractivity contribution in [3.63, 3.8) is 0 Å². The molecule has 2 unspecified atom stereocenters. The minimum Gasteiger partial charge on any atom is -0.376 e. The quantitative estimate of drug-likeness (QED) is 0.780. The van der Waals surface area contributed by atoms with Crippen LogP contribution in [0.3, 0.4) is 0 Å². The number of nitrogens with zero attached hydrogens (tertiary/aromatic N) is 3. The number of carbonyl (C=O) groups is 1. The Kier molecular flexibility index (Phi) is 6.54. The molecule has 2 atom stereocenters. The van der Waals surface area contributed by atoms with Crippen molar-refractivity contribution in [3.05, 3.63) is 18.5 Å². The number of nitrogens with one attached hydrogen (secondary N) is 1. The van der Waals surface area contributed by atoms with Crippen LogP contribution in [0.15, 0.2) is 18.5 Å². The summed E-state index contributed by atoms with van der Waals surface area (Å²) in [6.45, 7) is 2.55. The van der Waals surface area contributed by atoms with Crippen molar-refractivity contribution >= 4 is 15.9 Å². The van der Waals surface area contributed by atoms with Gasteiger partial charge in [-0.3, -0.25) is 9.48 Å². The number of rotatable bonds is 6. The summed E-state index contributed by atoms with van der Waals surface area (Å²) in [6.07, 6.45) is 10.5. The Hall–Kier alpha value is -1.45. The third-order valence-electron chi connectivity index (χ3n) is 5.59. The Balaban J connectivity index is 1.57. The normalized spacial score (nSPS) is 29.6. The van der Waals surface area contributed by atoms with Gasteiger partial charge in [-0.15, -0.1) is 0 Å². The summed E-state index contributed by atoms with van der Waals surface area (Å²) in [5.74, 6) is -0.0361. The number of piperidine rings is 1. The Labute approximate surface area is 161 Å². The van der Waals surface area contributed by atoms with E-state index in [0.29, 0.717) is 19.2 Å². The Bertz CT molecular complexity index is 714. The van der Waals surface area contributed by atoms with Crippen LogP contribution in [0.4, 0.5) is 0 Å². The predicted octanol–water partition coefficient (Wildman–Crippen LogP) is 1.31. The van der Waals surface area contributed by atoms with Gasteiger partial charge in [0, 0.05) is 31.9 Å². The maximum atomic E-state index is 12.0. The minimum absolute atomic E-state index is 0.0361. The van der Waals surface area contributed by atoms with E-state index in [-0.39, 0.29) is 24.1 Å². The monoisotopic (exact) mass is 398 g/mol. The van der Waals surface area contributed by atoms with E-state index < -0.39 is 10.0 Å². The Morgan fingerprint density at radius 1 is 1.26 bits per heavy atom. The first-order chi connectivity index (χ1) is 12.8. The van der Waals surface area contributed by atoms with E-state index in [0.717, 1.165) is 44.8 Å². The second-order valence-electron chi connectivity index (χ2n) is 7.67. The van der Waals surface area contributed by atoms with Crippen molar-refractivity contribution in [3.8, 4) is 0 Å². The molecule has 0 aromatic carbocycles. The first-order valence-electron chi connectivity index (χ1n) is 9.69. The van der Waals surface area contributed by atoms with E-state index in [1.807, 2.05) is 16.9 Å². The number of hydrogen-bond acceptors (Lipinski definition) is 5. The van der Waals surface area contributed by atoms with E-state index in [9.17, 15) is 13.2 Å². The second-order valence-corrected chi connectivity index (χ2v) is 9.45. The average molecular weight is 399 g/mol. The highest BCUT2D eigenvalue weighted by molar-refractivity contribution is 7.88. The zero-order chi connectivity index (χ0) is 19.4. The van der Waals surface area contributed by atoms with Gasteiger partial charge in [-0.1, -0.05) is 0 Å². The van der Waals surface area contributed by atoms with Gasteiger partial charge in [0.1, 0.15) is 0 Å². The van der Waals surface area contributed by atoms with Gasteiger partial charge in [0.15, 0.2) is 0 Å². The highest BCUT2D eigenvalue weighted by atomic mass is 32.2. The maximum Gasteiger partial charge on any atom is 0.219 e. The Morgan fingerprint density at radius 2 is 2.00 bits per heavy atom. The number of carbonyl (C=O) groups excluding carboxylic acids is 1. The molecule has 2 heterocycles. The van der Waals surface area contributed by atoms with Crippen molar-refractivity contribution in [2.45, 2.75) is 69.7 Å². The van der Waals surface area contributed by atoms with Crippen LogP contribution in [-0.2, 0) is 19.6 Å². The van der Waals surface area contributed by atoms with Crippen LogP contribution in [0.2, 0.25) is 0 Å². The lowest BCUT2D eigenvalue weighted by molar-refractivity contribution is -0.136. The van der Waals surface area contributed by atoms with Gasteiger partial charge in [-0.05, 0) is 44.6 Å². The second kappa shape index (κ2) is 8.70. The lowest BCUT2D eigenvalue weighted by Gasteiger charge is -2.41. The van der Waals surface area contributed by atoms with E-state index in [1.165, 1.54) is 6.92 Å². The van der Waals surface area contributed by atoms with E-state index in [4.69, 9.17) is 4.74 Å². The molecule has 1 aliphatic heterocycles. The molecule has 0 radical (unpaired) electrons. The van der Waals surface area contributed by atoms with Crippen LogP contribution in [0.1, 0.15) is 51.5 Å². The molecule has 27 heavy (non-hydrogen) atoms. The molecule has 0 bridgehead atoms. The number of amides is 1. The molecule has 8 nitrogen and oxygen atoms in total. The number of aromatic nitrogens is 2. The van der Waals surface area contributed by atoms with Crippen molar-refractivity contribution in [1.82, 2.24) is 19.4 Å². The van der Waals surface area contributed by atoms with Gasteiger partial charge >= 0.3 is 0 Å². The fourth-order valence-electron chi connectivity index (χ4n) is 4.27. The largest absolute Gasteiger partial charge is 0.376 e. The Morgan fingerprint density at radius 3 is 2.59 bits per heavy atom. The molecule has 1 aromatic rings. The van der Waals surface area contributed by atoms with Crippen molar-refractivity contribution in [2.24, 2.45) is 0 Å². The van der Waals surface area contributed by atoms with E-state index in [1.54, 1.807) is 11.1 Å². The van der Waals surface area contributed by atoms with Gasteiger partial charge < -0.3 is 9.64 Å². The molecule has 1 amide bonds. The molecule has 3 rings (SSSR count). The van der Waals surface area contributed by atoms with E-state index in [2.05, 4.69) is 9.82 Å². The zero-order valence-electron chi connectivity index (χ0n) is 16.1. The molecule has 1 saturated heterocycles. The van der Waals surface area contributed by atoms with Crippen LogP contribution in [0.5, 0.6) is 0 Å². The van der Waals surface area contributed by atoms with Crippen LogP contribution < -0.4 is 4.72 Å². The molecular weight excluding hydrogens is 368 g/mol. The first kappa shape index (κ1) is 20.3. The minimum atomic E-state index is -3.33. The summed E-state index contributed by atoms with van der Waals surface area (Å²) in [5.41, 5.74) is 0. The van der Waals surface area contributed by atoms with Crippen molar-refractivity contribution < 1.29 is 17.9 Å². The van der Waals surface area contributed by atoms with Crippen LogP contribution >= 0.6 is 0 Å². The SMILES string of the molecule is CC(=O)N1CCCC(NS(C)(=O)=O)C1COC1CCC(n2cccn2)CC1. The smallest absolute Gasteiger partial charge is 0.219 e. The summed E-state index contributed by atoms with van der Waals surface area (Å²) in [7, 11) is -3.33. The molecule has 2 aliphatic rings. The number of likely N-dealkylation sites (tertiary alicyclic amines) is 1. The lowest BCUT2D eigenvalue weighted by Crippen LogP contribution is -2.58. The van der Waals surface area contributed by atoms with Gasteiger partial charge in [0.05, 0.1) is 31.1 Å². The molecular formula is C18H30N4O4S. The van der Waals surface area contributed by atoms with Crippen LogP contribution in [-0.4, -0.2) is 66.6 Å². The average Bonchev–Trinajstić information content (AvgIpc) is 3.14. The van der Waals surface area contributed by atoms with Gasteiger partial charge in [0.25, 0.3) is 0 Å². The molecule has 1 aromatic heterocycles. The van der Waals surface area contributed by atoms with Crippen LogP contribution in [0.25, 0.3) is 0 Å². The number of hydrogen-bond donors (Lipinski definition) is 1. The van der Waals surface area contributed by atoms with E-state index >= 15 is 0 Å². The summed E-state index contributed by atoms with van der Waals surface area (Å²) in [6, 6.07) is 1.81. The molecule has 1 saturated carbocycles. The first-order valence-corrected chi connectivity index (χ1v) is 11.6. The zero-order valence-corrected chi connectivity index (χ0v) is 16.9. The van der Waals surface area contributed by atoms with Crippen LogP contribution in [0, 0.1) is 0 Å². The topological polar surface area (TPSA) is 93.5 Å². The fraction of sp³-hybridized carbons (Fsp3) is 0.778. The maximum absolute atomic E-state index is 12.0. The van der Waals surface area contributed by atoms with Crippen molar-refractivity contribution in [1.29, 1.82) is 0 Å². The third-order valence-corrected chi connectivity index (χ3v) is 6.33. The molecule has 9 heteroatoms. The fourth-order valence-corrected chi connectivity index (χ4v) is 5.10. The number of sulfonamides is 1. The predicted molar refractivity (Wildman–Crippen MR) is 102 cm³/mol. The highest BCUT2D eigenvalue weighted by Crippen LogP contribution is 2.30. The molecule has 1 N–H and O–H groups in total. The summed E-state index contributed by atoms with van der Waals surface area (Å²) in [4.78, 5) is 13.8. The number of ether oxygens (including phenoxy) is 1. The van der Waals surface area contributed by atoms with Crippen molar-refractivity contribution in [2.75, 3.05) is 19.4 Å². The molecule has 1 aliphatic carbocycles. The van der Waals surface area contributed by atoms with Gasteiger partial charge in [-0.2, -0.15) is 5.10 Å². The summed E-state index contributed by atoms with van der Waals surface area (Å²) in [5, 5.41) is 4.32. The lowest BCUT2D eigenvalue weighted by atomic mass is 9.92. The standard InChI is InChI=1S/C18H30N4O4S/c1-14(23)21-11-3-5-17(20-27(2,24)25)18(21)13-26-16-8-6-15(7-9-16)22-12-4-10-19-22/h4,10,12,15-18,20H,3,5-9,11,13H2,1-2H3. The van der Waals surface area contributed by atoms with Gasteiger partial charge in [0.2, 0.25) is 15.9 Å². The molecule has 0 spiro atoms. The summed E-state index contributed by atoms with van der Waals surface area (Å²) >= 11 is 0. The highest BCUT2D eigenvalue weighted by Gasteiger charge is 2.35. The third kappa shape index (κ3) is 5.52. The summed E-state index contributed by atoms with van der Waals surface area (Å²) < 4.78 is 34.3. The van der Waals surface area contributed by atoms with Gasteiger partial charge in [-0.25, -0.2) is 13.1 Å². The molecule has 2 fully saturated rings.